The van der Waals surface area contributed by atoms with Crippen molar-refractivity contribution < 1.29 is 14.3 Å². The van der Waals surface area contributed by atoms with Gasteiger partial charge in [-0.25, -0.2) is 4.79 Å². The molecule has 0 spiro atoms. The smallest absolute Gasteiger partial charge is 0.331 e. The molecule has 3 aliphatic rings. The van der Waals surface area contributed by atoms with E-state index in [4.69, 9.17) is 4.74 Å². The van der Waals surface area contributed by atoms with Gasteiger partial charge in [0.25, 0.3) is 0 Å². The molecule has 3 rings (SSSR count). The number of allylic oxidation sites excluding steroid dienone is 2. The minimum atomic E-state index is -0.206. The summed E-state index contributed by atoms with van der Waals surface area (Å²) in [6.07, 6.45) is 12.8. The van der Waals surface area contributed by atoms with E-state index in [1.807, 2.05) is 7.05 Å². The second-order valence-corrected chi connectivity index (χ2v) is 11.6. The maximum atomic E-state index is 12.4. The first-order valence-electron chi connectivity index (χ1n) is 12.1. The zero-order chi connectivity index (χ0) is 22.6. The Morgan fingerprint density at radius 3 is 2.03 bits per heavy atom. The van der Waals surface area contributed by atoms with E-state index in [1.165, 1.54) is 11.1 Å². The summed E-state index contributed by atoms with van der Waals surface area (Å²) in [6.45, 7) is 10.5. The number of amides is 1. The number of likely N-dealkylation sites (N-methyl/N-ethyl adjacent to an activating group) is 1. The summed E-state index contributed by atoms with van der Waals surface area (Å²) in [6, 6.07) is 0.202. The van der Waals surface area contributed by atoms with Crippen LogP contribution in [0.15, 0.2) is 23.3 Å². The van der Waals surface area contributed by atoms with Crippen molar-refractivity contribution in [1.29, 1.82) is 0 Å². The SMILES string of the molecule is CN1C[C@H](OC(=O)C=C2CCC(C)(C)CC2)C[C@H]1CNC(=O)C=C1CCC(C)(C)CC1. The molecule has 0 aromatic rings. The molecule has 1 aliphatic heterocycles. The first kappa shape index (κ1) is 24.0. The van der Waals surface area contributed by atoms with Gasteiger partial charge in [-0.1, -0.05) is 38.8 Å². The Kier molecular flexibility index (Phi) is 7.67. The van der Waals surface area contributed by atoms with Crippen molar-refractivity contribution in [3.05, 3.63) is 23.3 Å². The number of esters is 1. The average Bonchev–Trinajstić information content (AvgIpc) is 3.02. The van der Waals surface area contributed by atoms with E-state index in [0.29, 0.717) is 17.4 Å². The Bertz CT molecular complexity index is 711. The third kappa shape index (κ3) is 7.48. The number of ether oxygens (including phenoxy) is 1. The molecule has 0 radical (unpaired) electrons. The summed E-state index contributed by atoms with van der Waals surface area (Å²) in [5.41, 5.74) is 3.27. The van der Waals surface area contributed by atoms with Crippen molar-refractivity contribution >= 4 is 11.9 Å². The minimum absolute atomic E-state index is 0.00788. The first-order chi connectivity index (χ1) is 14.5. The lowest BCUT2D eigenvalue weighted by molar-refractivity contribution is -0.142. The summed E-state index contributed by atoms with van der Waals surface area (Å²) < 4.78 is 5.73. The zero-order valence-corrected chi connectivity index (χ0v) is 20.3. The number of carbonyl (C=O) groups is 2. The van der Waals surface area contributed by atoms with Crippen LogP contribution < -0.4 is 5.32 Å². The predicted octanol–water partition coefficient (Wildman–Crippen LogP) is 4.77. The van der Waals surface area contributed by atoms with Gasteiger partial charge in [0.2, 0.25) is 5.91 Å². The van der Waals surface area contributed by atoms with Gasteiger partial charge in [-0.05, 0) is 69.2 Å². The molecule has 1 N–H and O–H groups in total. The number of carbonyl (C=O) groups excluding carboxylic acids is 2. The molecule has 1 heterocycles. The van der Waals surface area contributed by atoms with Gasteiger partial charge in [-0.15, -0.1) is 0 Å². The van der Waals surface area contributed by atoms with Crippen molar-refractivity contribution in [2.75, 3.05) is 20.1 Å². The molecule has 1 amide bonds. The van der Waals surface area contributed by atoms with E-state index in [2.05, 4.69) is 37.9 Å². The van der Waals surface area contributed by atoms with Crippen LogP contribution >= 0.6 is 0 Å². The molecule has 31 heavy (non-hydrogen) atoms. The van der Waals surface area contributed by atoms with E-state index in [-0.39, 0.29) is 24.0 Å². The third-order valence-corrected chi connectivity index (χ3v) is 7.59. The topological polar surface area (TPSA) is 58.6 Å². The predicted molar refractivity (Wildman–Crippen MR) is 125 cm³/mol. The van der Waals surface area contributed by atoms with Gasteiger partial charge in [0.1, 0.15) is 6.10 Å². The van der Waals surface area contributed by atoms with E-state index < -0.39 is 0 Å². The molecule has 2 atom stereocenters. The molecule has 0 aromatic carbocycles. The second-order valence-electron chi connectivity index (χ2n) is 11.6. The summed E-state index contributed by atoms with van der Waals surface area (Å²) in [4.78, 5) is 26.9. The van der Waals surface area contributed by atoms with Crippen molar-refractivity contribution in [1.82, 2.24) is 10.2 Å². The lowest BCUT2D eigenvalue weighted by Gasteiger charge is -2.30. The van der Waals surface area contributed by atoms with Gasteiger partial charge in [0.05, 0.1) is 0 Å². The van der Waals surface area contributed by atoms with Crippen molar-refractivity contribution in [2.24, 2.45) is 10.8 Å². The Morgan fingerprint density at radius 2 is 1.48 bits per heavy atom. The third-order valence-electron chi connectivity index (χ3n) is 7.59. The molecular weight excluding hydrogens is 388 g/mol. The van der Waals surface area contributed by atoms with Crippen LogP contribution in [0.3, 0.4) is 0 Å². The molecule has 3 fully saturated rings. The molecule has 174 valence electrons. The normalized spacial score (nSPS) is 28.2. The monoisotopic (exact) mass is 430 g/mol. The van der Waals surface area contributed by atoms with Crippen LogP contribution in [0.25, 0.3) is 0 Å². The molecular formula is C26H42N2O3. The minimum Gasteiger partial charge on any atom is -0.458 e. The lowest BCUT2D eigenvalue weighted by Crippen LogP contribution is -2.37. The van der Waals surface area contributed by atoms with Crippen LogP contribution in [-0.4, -0.2) is 49.1 Å². The van der Waals surface area contributed by atoms with E-state index in [0.717, 1.165) is 64.3 Å². The number of nitrogens with one attached hydrogen (secondary N) is 1. The molecule has 2 aliphatic carbocycles. The highest BCUT2D eigenvalue weighted by Gasteiger charge is 2.32. The van der Waals surface area contributed by atoms with Crippen molar-refractivity contribution in [3.8, 4) is 0 Å². The van der Waals surface area contributed by atoms with Gasteiger partial charge in [-0.2, -0.15) is 0 Å². The fourth-order valence-corrected chi connectivity index (χ4v) is 4.96. The van der Waals surface area contributed by atoms with Gasteiger partial charge >= 0.3 is 5.97 Å². The van der Waals surface area contributed by atoms with Gasteiger partial charge in [-0.3, -0.25) is 9.69 Å². The zero-order valence-electron chi connectivity index (χ0n) is 20.3. The van der Waals surface area contributed by atoms with Crippen LogP contribution in [0.5, 0.6) is 0 Å². The summed E-state index contributed by atoms with van der Waals surface area (Å²) in [7, 11) is 2.04. The molecule has 5 heteroatoms. The molecule has 1 saturated heterocycles. The maximum Gasteiger partial charge on any atom is 0.331 e. The van der Waals surface area contributed by atoms with E-state index in [9.17, 15) is 9.59 Å². The summed E-state index contributed by atoms with van der Waals surface area (Å²) in [5, 5.41) is 3.06. The molecule has 0 unspecified atom stereocenters. The standard InChI is InChI=1S/C26H42N2O3/c1-25(2)10-6-19(7-11-25)14-23(29)27-17-21-16-22(18-28(21)5)31-24(30)15-20-8-12-26(3,4)13-9-20/h14-15,21-22H,6-13,16-18H2,1-5H3,(H,27,29)/t21-,22+/m0/s1. The van der Waals surface area contributed by atoms with Crippen LogP contribution in [0, 0.1) is 10.8 Å². The van der Waals surface area contributed by atoms with Crippen LogP contribution in [0.4, 0.5) is 0 Å². The van der Waals surface area contributed by atoms with Gasteiger partial charge in [0.15, 0.2) is 0 Å². The van der Waals surface area contributed by atoms with Crippen molar-refractivity contribution in [2.45, 2.75) is 97.6 Å². The fraction of sp³-hybridized carbons (Fsp3) is 0.769. The second kappa shape index (κ2) is 9.89. The first-order valence-corrected chi connectivity index (χ1v) is 12.1. The Hall–Kier alpha value is -1.62. The quantitative estimate of drug-likeness (QED) is 0.504. The van der Waals surface area contributed by atoms with Gasteiger partial charge < -0.3 is 10.1 Å². The largest absolute Gasteiger partial charge is 0.458 e. The van der Waals surface area contributed by atoms with Crippen LogP contribution in [0.2, 0.25) is 0 Å². The number of likely N-dealkylation sites (tertiary alicyclic amines) is 1. The number of hydrogen-bond donors (Lipinski definition) is 1. The van der Waals surface area contributed by atoms with E-state index in [1.54, 1.807) is 12.2 Å². The molecule has 2 saturated carbocycles. The lowest BCUT2D eigenvalue weighted by atomic mass is 9.75. The highest BCUT2D eigenvalue weighted by Crippen LogP contribution is 2.38. The van der Waals surface area contributed by atoms with Gasteiger partial charge in [0, 0.05) is 37.7 Å². The van der Waals surface area contributed by atoms with Crippen LogP contribution in [-0.2, 0) is 14.3 Å². The summed E-state index contributed by atoms with van der Waals surface area (Å²) >= 11 is 0. The highest BCUT2D eigenvalue weighted by atomic mass is 16.5. The Labute approximate surface area is 188 Å². The molecule has 0 bridgehead atoms. The van der Waals surface area contributed by atoms with Crippen molar-refractivity contribution in [3.63, 3.8) is 0 Å². The molecule has 5 nitrogen and oxygen atoms in total. The number of nitrogens with zero attached hydrogens (tertiary/aromatic N) is 1. The molecule has 0 aromatic heterocycles. The summed E-state index contributed by atoms with van der Waals surface area (Å²) in [5.74, 6) is -0.198. The van der Waals surface area contributed by atoms with E-state index >= 15 is 0 Å². The fourth-order valence-electron chi connectivity index (χ4n) is 4.96. The number of hydrogen-bond acceptors (Lipinski definition) is 4. The Balaban J connectivity index is 1.40. The Morgan fingerprint density at radius 1 is 0.968 bits per heavy atom. The number of rotatable bonds is 5. The maximum absolute atomic E-state index is 12.4. The highest BCUT2D eigenvalue weighted by molar-refractivity contribution is 5.88. The van der Waals surface area contributed by atoms with Crippen LogP contribution in [0.1, 0.15) is 85.5 Å². The average molecular weight is 431 g/mol.